The van der Waals surface area contributed by atoms with Crippen LogP contribution in [-0.4, -0.2) is 37.7 Å². The molecule has 2 rings (SSSR count). The normalized spacial score (nSPS) is 20.5. The van der Waals surface area contributed by atoms with Gasteiger partial charge in [0.15, 0.2) is 0 Å². The topological polar surface area (TPSA) is 24.5 Å². The predicted octanol–water partition coefficient (Wildman–Crippen LogP) is 2.92. The Morgan fingerprint density at radius 2 is 2.32 bits per heavy atom. The maximum absolute atomic E-state index is 6.10. The average Bonchev–Trinajstić information content (AvgIpc) is 2.42. The molecule has 1 N–H and O–H groups in total. The van der Waals surface area contributed by atoms with E-state index in [0.29, 0.717) is 6.04 Å². The van der Waals surface area contributed by atoms with Gasteiger partial charge in [0, 0.05) is 42.8 Å². The van der Waals surface area contributed by atoms with Crippen LogP contribution in [0.3, 0.4) is 0 Å². The summed E-state index contributed by atoms with van der Waals surface area (Å²) in [5.74, 6) is 0.929. The standard InChI is InChI=1S/C15H23ClN2O/c1-3-4-14-10-17-7-8-18(14)11-12-9-13(16)5-6-15(12)19-2/h5-6,9,14,17H,3-4,7-8,10-11H2,1-2H3. The third-order valence-corrected chi connectivity index (χ3v) is 3.95. The van der Waals surface area contributed by atoms with Crippen molar-refractivity contribution in [3.05, 3.63) is 28.8 Å². The molecule has 1 aromatic rings. The van der Waals surface area contributed by atoms with Gasteiger partial charge in [-0.05, 0) is 24.6 Å². The molecule has 1 atom stereocenters. The van der Waals surface area contributed by atoms with E-state index >= 15 is 0 Å². The van der Waals surface area contributed by atoms with Gasteiger partial charge in [-0.25, -0.2) is 0 Å². The number of nitrogens with zero attached hydrogens (tertiary/aromatic N) is 1. The number of methoxy groups -OCH3 is 1. The monoisotopic (exact) mass is 282 g/mol. The van der Waals surface area contributed by atoms with E-state index in [4.69, 9.17) is 16.3 Å². The molecule has 1 heterocycles. The van der Waals surface area contributed by atoms with Crippen LogP contribution in [0, 0.1) is 0 Å². The van der Waals surface area contributed by atoms with E-state index in [-0.39, 0.29) is 0 Å². The molecule has 0 radical (unpaired) electrons. The summed E-state index contributed by atoms with van der Waals surface area (Å²) in [7, 11) is 1.72. The quantitative estimate of drug-likeness (QED) is 0.899. The van der Waals surface area contributed by atoms with Gasteiger partial charge in [-0.15, -0.1) is 0 Å². The molecular formula is C15H23ClN2O. The molecule has 1 saturated heterocycles. The van der Waals surface area contributed by atoms with Crippen LogP contribution < -0.4 is 10.1 Å². The van der Waals surface area contributed by atoms with E-state index in [2.05, 4.69) is 17.1 Å². The summed E-state index contributed by atoms with van der Waals surface area (Å²) >= 11 is 6.10. The second kappa shape index (κ2) is 7.13. The zero-order valence-electron chi connectivity index (χ0n) is 11.8. The smallest absolute Gasteiger partial charge is 0.123 e. The molecule has 0 bridgehead atoms. The molecule has 1 aliphatic rings. The first kappa shape index (κ1) is 14.6. The van der Waals surface area contributed by atoms with Crippen LogP contribution >= 0.6 is 11.6 Å². The second-order valence-corrected chi connectivity index (χ2v) is 5.51. The molecule has 0 aliphatic carbocycles. The Kier molecular flexibility index (Phi) is 5.49. The summed E-state index contributed by atoms with van der Waals surface area (Å²) in [5.41, 5.74) is 1.18. The van der Waals surface area contributed by atoms with Gasteiger partial charge >= 0.3 is 0 Å². The van der Waals surface area contributed by atoms with Crippen molar-refractivity contribution in [1.29, 1.82) is 0 Å². The van der Waals surface area contributed by atoms with Crippen molar-refractivity contribution in [3.8, 4) is 5.75 Å². The second-order valence-electron chi connectivity index (χ2n) is 5.07. The van der Waals surface area contributed by atoms with Crippen LogP contribution in [0.1, 0.15) is 25.3 Å². The summed E-state index contributed by atoms with van der Waals surface area (Å²) in [5, 5.41) is 4.25. The first-order valence-electron chi connectivity index (χ1n) is 7.01. The van der Waals surface area contributed by atoms with Gasteiger partial charge in [0.2, 0.25) is 0 Å². The summed E-state index contributed by atoms with van der Waals surface area (Å²) in [6.07, 6.45) is 2.45. The number of hydrogen-bond donors (Lipinski definition) is 1. The van der Waals surface area contributed by atoms with E-state index in [1.54, 1.807) is 7.11 Å². The lowest BCUT2D eigenvalue weighted by atomic mass is 10.1. The fraction of sp³-hybridized carbons (Fsp3) is 0.600. The number of benzene rings is 1. The Morgan fingerprint density at radius 1 is 1.47 bits per heavy atom. The van der Waals surface area contributed by atoms with Gasteiger partial charge < -0.3 is 10.1 Å². The van der Waals surface area contributed by atoms with E-state index in [1.807, 2.05) is 18.2 Å². The molecule has 19 heavy (non-hydrogen) atoms. The van der Waals surface area contributed by atoms with Crippen molar-refractivity contribution in [2.45, 2.75) is 32.4 Å². The maximum atomic E-state index is 6.10. The van der Waals surface area contributed by atoms with Crippen LogP contribution in [0.2, 0.25) is 5.02 Å². The van der Waals surface area contributed by atoms with E-state index in [1.165, 1.54) is 18.4 Å². The highest BCUT2D eigenvalue weighted by atomic mass is 35.5. The van der Waals surface area contributed by atoms with Crippen molar-refractivity contribution in [1.82, 2.24) is 10.2 Å². The van der Waals surface area contributed by atoms with Crippen molar-refractivity contribution >= 4 is 11.6 Å². The number of ether oxygens (including phenoxy) is 1. The van der Waals surface area contributed by atoms with Crippen LogP contribution in [0.5, 0.6) is 5.75 Å². The lowest BCUT2D eigenvalue weighted by Gasteiger charge is -2.36. The van der Waals surface area contributed by atoms with E-state index in [9.17, 15) is 0 Å². The fourth-order valence-corrected chi connectivity index (χ4v) is 2.91. The molecule has 0 amide bonds. The molecule has 1 fully saturated rings. The molecule has 1 aliphatic heterocycles. The third-order valence-electron chi connectivity index (χ3n) is 3.71. The largest absolute Gasteiger partial charge is 0.496 e. The Balaban J connectivity index is 2.11. The Morgan fingerprint density at radius 3 is 3.05 bits per heavy atom. The lowest BCUT2D eigenvalue weighted by molar-refractivity contribution is 0.143. The molecule has 0 spiro atoms. The summed E-state index contributed by atoms with van der Waals surface area (Å²) in [4.78, 5) is 2.54. The Labute approximate surface area is 120 Å². The summed E-state index contributed by atoms with van der Waals surface area (Å²) < 4.78 is 5.44. The molecule has 4 heteroatoms. The number of rotatable bonds is 5. The Hall–Kier alpha value is -0.770. The highest BCUT2D eigenvalue weighted by Gasteiger charge is 2.22. The zero-order chi connectivity index (χ0) is 13.7. The van der Waals surface area contributed by atoms with Gasteiger partial charge in [0.1, 0.15) is 5.75 Å². The number of piperazine rings is 1. The van der Waals surface area contributed by atoms with Crippen LogP contribution in [0.25, 0.3) is 0 Å². The summed E-state index contributed by atoms with van der Waals surface area (Å²) in [6, 6.07) is 6.47. The van der Waals surface area contributed by atoms with Gasteiger partial charge in [0.05, 0.1) is 7.11 Å². The van der Waals surface area contributed by atoms with Crippen molar-refractivity contribution in [2.24, 2.45) is 0 Å². The molecular weight excluding hydrogens is 260 g/mol. The molecule has 3 nitrogen and oxygen atoms in total. The van der Waals surface area contributed by atoms with E-state index in [0.717, 1.165) is 37.0 Å². The van der Waals surface area contributed by atoms with Gasteiger partial charge in [-0.1, -0.05) is 24.9 Å². The maximum Gasteiger partial charge on any atom is 0.123 e. The van der Waals surface area contributed by atoms with E-state index < -0.39 is 0 Å². The lowest BCUT2D eigenvalue weighted by Crippen LogP contribution is -2.50. The first-order valence-corrected chi connectivity index (χ1v) is 7.39. The van der Waals surface area contributed by atoms with Gasteiger partial charge in [-0.3, -0.25) is 4.90 Å². The van der Waals surface area contributed by atoms with Gasteiger partial charge in [0.25, 0.3) is 0 Å². The number of halogens is 1. The minimum absolute atomic E-state index is 0.613. The zero-order valence-corrected chi connectivity index (χ0v) is 12.5. The fourth-order valence-electron chi connectivity index (χ4n) is 2.72. The van der Waals surface area contributed by atoms with Gasteiger partial charge in [-0.2, -0.15) is 0 Å². The molecule has 0 aromatic heterocycles. The SMILES string of the molecule is CCCC1CNCCN1Cc1cc(Cl)ccc1OC. The first-order chi connectivity index (χ1) is 9.24. The van der Waals surface area contributed by atoms with Crippen molar-refractivity contribution in [2.75, 3.05) is 26.7 Å². The highest BCUT2D eigenvalue weighted by molar-refractivity contribution is 6.30. The third kappa shape index (κ3) is 3.85. The molecule has 1 aromatic carbocycles. The van der Waals surface area contributed by atoms with Crippen LogP contribution in [0.15, 0.2) is 18.2 Å². The van der Waals surface area contributed by atoms with Crippen LogP contribution in [-0.2, 0) is 6.54 Å². The van der Waals surface area contributed by atoms with Crippen molar-refractivity contribution in [3.63, 3.8) is 0 Å². The summed E-state index contributed by atoms with van der Waals surface area (Å²) in [6.45, 7) is 6.38. The average molecular weight is 283 g/mol. The molecule has 106 valence electrons. The highest BCUT2D eigenvalue weighted by Crippen LogP contribution is 2.25. The number of hydrogen-bond acceptors (Lipinski definition) is 3. The minimum Gasteiger partial charge on any atom is -0.496 e. The molecule has 1 unspecified atom stereocenters. The number of nitrogens with one attached hydrogen (secondary N) is 1. The minimum atomic E-state index is 0.613. The van der Waals surface area contributed by atoms with Crippen LogP contribution in [0.4, 0.5) is 0 Å². The molecule has 0 saturated carbocycles. The predicted molar refractivity (Wildman–Crippen MR) is 80.0 cm³/mol. The van der Waals surface area contributed by atoms with Crippen molar-refractivity contribution < 1.29 is 4.74 Å². The Bertz CT molecular complexity index is 409.